The molecule has 0 aromatic heterocycles. The summed E-state index contributed by atoms with van der Waals surface area (Å²) in [4.78, 5) is 0. The number of oxime groups is 1. The van der Waals surface area contributed by atoms with Gasteiger partial charge in [-0.2, -0.15) is 0 Å². The van der Waals surface area contributed by atoms with Gasteiger partial charge in [0.25, 0.3) is 8.32 Å². The molecule has 0 spiro atoms. The molecule has 0 aliphatic heterocycles. The normalized spacial score (nSPS) is 12.7. The van der Waals surface area contributed by atoms with Crippen LogP contribution in [0.2, 0.25) is 19.6 Å². The first kappa shape index (κ1) is 12.0. The molecule has 1 aromatic carbocycles. The molecule has 0 aliphatic carbocycles. The van der Waals surface area contributed by atoms with E-state index in [2.05, 4.69) is 56.0 Å². The average Bonchev–Trinajstić information content (AvgIpc) is 2.14. The Morgan fingerprint density at radius 2 is 1.67 bits per heavy atom. The van der Waals surface area contributed by atoms with Gasteiger partial charge in [0.05, 0.1) is 5.71 Å². The molecule has 0 saturated carbocycles. The van der Waals surface area contributed by atoms with E-state index >= 15 is 0 Å². The standard InChI is InChI=1S/C12H19NOSi/c1-10-6-8-12(9-7-10)11(2)13-14-15(3,4)5/h6-9H,1-5H3/b13-11+. The molecule has 0 heterocycles. The smallest absolute Gasteiger partial charge is 0.278 e. The van der Waals surface area contributed by atoms with Gasteiger partial charge in [0.1, 0.15) is 0 Å². The third-order valence-corrected chi connectivity index (χ3v) is 2.56. The molecule has 3 heteroatoms. The van der Waals surface area contributed by atoms with Crippen LogP contribution in [0.5, 0.6) is 0 Å². The maximum absolute atomic E-state index is 5.50. The topological polar surface area (TPSA) is 21.6 Å². The van der Waals surface area contributed by atoms with Crippen molar-refractivity contribution in [3.8, 4) is 0 Å². The first-order valence-corrected chi connectivity index (χ1v) is 8.59. The molecule has 0 radical (unpaired) electrons. The Morgan fingerprint density at radius 3 is 2.13 bits per heavy atom. The van der Waals surface area contributed by atoms with Crippen molar-refractivity contribution in [2.24, 2.45) is 5.16 Å². The summed E-state index contributed by atoms with van der Waals surface area (Å²) >= 11 is 0. The average molecular weight is 221 g/mol. The van der Waals surface area contributed by atoms with Crippen LogP contribution in [0, 0.1) is 6.92 Å². The van der Waals surface area contributed by atoms with Crippen LogP contribution >= 0.6 is 0 Å². The van der Waals surface area contributed by atoms with Gasteiger partial charge in [-0.15, -0.1) is 5.16 Å². The van der Waals surface area contributed by atoms with E-state index in [-0.39, 0.29) is 0 Å². The highest BCUT2D eigenvalue weighted by Gasteiger charge is 2.15. The highest BCUT2D eigenvalue weighted by Crippen LogP contribution is 2.08. The van der Waals surface area contributed by atoms with Crippen LogP contribution in [0.1, 0.15) is 18.1 Å². The van der Waals surface area contributed by atoms with Crippen LogP contribution in [-0.4, -0.2) is 14.0 Å². The van der Waals surface area contributed by atoms with E-state index in [0.717, 1.165) is 11.3 Å². The molecule has 0 fully saturated rings. The summed E-state index contributed by atoms with van der Waals surface area (Å²) in [5.74, 6) is 0. The number of aryl methyl sites for hydroxylation is 1. The minimum Gasteiger partial charge on any atom is -0.455 e. The molecule has 0 unspecified atom stereocenters. The fraction of sp³-hybridized carbons (Fsp3) is 0.417. The lowest BCUT2D eigenvalue weighted by Crippen LogP contribution is -2.22. The van der Waals surface area contributed by atoms with Crippen molar-refractivity contribution in [2.45, 2.75) is 33.5 Å². The van der Waals surface area contributed by atoms with E-state index < -0.39 is 8.32 Å². The molecule has 2 nitrogen and oxygen atoms in total. The number of hydrogen-bond acceptors (Lipinski definition) is 2. The Labute approximate surface area is 93.1 Å². The maximum Gasteiger partial charge on any atom is 0.278 e. The Hall–Kier alpha value is -1.09. The van der Waals surface area contributed by atoms with Crippen LogP contribution in [0.15, 0.2) is 29.4 Å². The molecule has 1 rings (SSSR count). The largest absolute Gasteiger partial charge is 0.455 e. The highest BCUT2D eigenvalue weighted by molar-refractivity contribution is 6.69. The summed E-state index contributed by atoms with van der Waals surface area (Å²) in [6.07, 6.45) is 0. The van der Waals surface area contributed by atoms with Crippen LogP contribution in [0.4, 0.5) is 0 Å². The van der Waals surface area contributed by atoms with E-state index in [0.29, 0.717) is 0 Å². The van der Waals surface area contributed by atoms with Crippen molar-refractivity contribution in [1.29, 1.82) is 0 Å². The second-order valence-electron chi connectivity index (χ2n) is 4.75. The summed E-state index contributed by atoms with van der Waals surface area (Å²) < 4.78 is 5.50. The van der Waals surface area contributed by atoms with Gasteiger partial charge in [0, 0.05) is 0 Å². The van der Waals surface area contributed by atoms with Gasteiger partial charge in [-0.25, -0.2) is 0 Å². The highest BCUT2D eigenvalue weighted by atomic mass is 28.4. The minimum absolute atomic E-state index is 0.942. The van der Waals surface area contributed by atoms with Crippen molar-refractivity contribution in [3.05, 3.63) is 35.4 Å². The molecular formula is C12H19NOSi. The molecule has 0 atom stereocenters. The summed E-state index contributed by atoms with van der Waals surface area (Å²) in [5, 5.41) is 4.17. The molecule has 0 amide bonds. The molecule has 0 bridgehead atoms. The second kappa shape index (κ2) is 4.62. The lowest BCUT2D eigenvalue weighted by atomic mass is 10.1. The minimum atomic E-state index is -1.55. The van der Waals surface area contributed by atoms with E-state index in [4.69, 9.17) is 4.53 Å². The van der Waals surface area contributed by atoms with Crippen LogP contribution < -0.4 is 0 Å². The van der Waals surface area contributed by atoms with Gasteiger partial charge in [0.15, 0.2) is 0 Å². The Morgan fingerprint density at radius 1 is 1.13 bits per heavy atom. The lowest BCUT2D eigenvalue weighted by Gasteiger charge is -2.13. The molecule has 0 saturated heterocycles. The van der Waals surface area contributed by atoms with Gasteiger partial charge in [0.2, 0.25) is 0 Å². The SMILES string of the molecule is C/C(=N\O[Si](C)(C)C)c1ccc(C)cc1. The Kier molecular flexibility index (Phi) is 3.69. The molecule has 0 aliphatic rings. The zero-order valence-corrected chi connectivity index (χ0v) is 11.2. The van der Waals surface area contributed by atoms with E-state index in [9.17, 15) is 0 Å². The zero-order chi connectivity index (χ0) is 11.5. The van der Waals surface area contributed by atoms with E-state index in [1.807, 2.05) is 6.92 Å². The fourth-order valence-corrected chi connectivity index (χ4v) is 1.46. The fourth-order valence-electron chi connectivity index (χ4n) is 1.05. The van der Waals surface area contributed by atoms with Gasteiger partial charge in [-0.3, -0.25) is 0 Å². The van der Waals surface area contributed by atoms with E-state index in [1.54, 1.807) is 0 Å². The van der Waals surface area contributed by atoms with Gasteiger partial charge < -0.3 is 4.53 Å². The number of nitrogens with zero attached hydrogens (tertiary/aromatic N) is 1. The van der Waals surface area contributed by atoms with Crippen molar-refractivity contribution in [3.63, 3.8) is 0 Å². The molecule has 1 aromatic rings. The zero-order valence-electron chi connectivity index (χ0n) is 10.2. The third kappa shape index (κ3) is 4.30. The van der Waals surface area contributed by atoms with E-state index in [1.165, 1.54) is 5.56 Å². The van der Waals surface area contributed by atoms with Crippen molar-refractivity contribution >= 4 is 14.0 Å². The predicted octanol–water partition coefficient (Wildman–Crippen LogP) is 3.57. The maximum atomic E-state index is 5.50. The van der Waals surface area contributed by atoms with Crippen molar-refractivity contribution in [2.75, 3.05) is 0 Å². The third-order valence-electron chi connectivity index (χ3n) is 1.93. The molecule has 0 N–H and O–H groups in total. The summed E-state index contributed by atoms with van der Waals surface area (Å²) in [7, 11) is -1.55. The second-order valence-corrected chi connectivity index (χ2v) is 9.15. The Balaban J connectivity index is 2.76. The quantitative estimate of drug-likeness (QED) is 0.434. The number of hydrogen-bond donors (Lipinski definition) is 0. The summed E-state index contributed by atoms with van der Waals surface area (Å²) in [6.45, 7) is 10.4. The van der Waals surface area contributed by atoms with Gasteiger partial charge in [-0.1, -0.05) is 29.8 Å². The summed E-state index contributed by atoms with van der Waals surface area (Å²) in [6, 6.07) is 8.31. The molecule has 82 valence electrons. The Bertz CT molecular complexity index is 349. The number of benzene rings is 1. The van der Waals surface area contributed by atoms with Gasteiger partial charge in [-0.05, 0) is 39.1 Å². The van der Waals surface area contributed by atoms with Crippen LogP contribution in [0.25, 0.3) is 0 Å². The monoisotopic (exact) mass is 221 g/mol. The van der Waals surface area contributed by atoms with Crippen molar-refractivity contribution in [1.82, 2.24) is 0 Å². The summed E-state index contributed by atoms with van der Waals surface area (Å²) in [5.41, 5.74) is 3.33. The molecular weight excluding hydrogens is 202 g/mol. The molecule has 15 heavy (non-hydrogen) atoms. The lowest BCUT2D eigenvalue weighted by molar-refractivity contribution is 0.335. The first-order valence-electron chi connectivity index (χ1n) is 5.18. The van der Waals surface area contributed by atoms with Crippen molar-refractivity contribution < 1.29 is 4.53 Å². The number of rotatable bonds is 3. The first-order chi connectivity index (χ1) is 6.88. The van der Waals surface area contributed by atoms with Gasteiger partial charge >= 0.3 is 0 Å². The van der Waals surface area contributed by atoms with Crippen LogP contribution in [-0.2, 0) is 4.53 Å². The van der Waals surface area contributed by atoms with Crippen LogP contribution in [0.3, 0.4) is 0 Å². The predicted molar refractivity (Wildman–Crippen MR) is 67.8 cm³/mol.